The maximum absolute atomic E-state index is 3.57. The molecule has 2 heteroatoms. The maximum atomic E-state index is 3.57. The fourth-order valence-electron chi connectivity index (χ4n) is 2.52. The Bertz CT molecular complexity index is 603. The summed E-state index contributed by atoms with van der Waals surface area (Å²) in [5, 5.41) is 7.04. The Labute approximate surface area is 128 Å². The van der Waals surface area contributed by atoms with Crippen LogP contribution in [0.15, 0.2) is 36.4 Å². The van der Waals surface area contributed by atoms with Gasteiger partial charge in [0.25, 0.3) is 0 Å². The summed E-state index contributed by atoms with van der Waals surface area (Å²) in [6.45, 7) is 10.5. The summed E-state index contributed by atoms with van der Waals surface area (Å²) < 4.78 is 0. The van der Waals surface area contributed by atoms with Gasteiger partial charge in [0, 0.05) is 24.5 Å². The van der Waals surface area contributed by atoms with Crippen molar-refractivity contribution in [2.75, 3.05) is 23.7 Å². The molecule has 0 aliphatic rings. The highest BCUT2D eigenvalue weighted by Gasteiger charge is 2.03. The highest BCUT2D eigenvalue weighted by molar-refractivity contribution is 5.57. The molecule has 0 atom stereocenters. The molecule has 2 aromatic rings. The molecule has 0 fully saturated rings. The quantitative estimate of drug-likeness (QED) is 0.751. The van der Waals surface area contributed by atoms with Crippen LogP contribution in [0.2, 0.25) is 0 Å². The van der Waals surface area contributed by atoms with Crippen molar-refractivity contribution in [2.45, 2.75) is 34.1 Å². The van der Waals surface area contributed by atoms with E-state index in [-0.39, 0.29) is 0 Å². The van der Waals surface area contributed by atoms with E-state index in [9.17, 15) is 0 Å². The number of anilines is 2. The van der Waals surface area contributed by atoms with Gasteiger partial charge in [0.2, 0.25) is 0 Å². The third-order valence-electron chi connectivity index (χ3n) is 4.00. The maximum Gasteiger partial charge on any atom is 0.0402 e. The molecular weight excluding hydrogens is 256 g/mol. The lowest BCUT2D eigenvalue weighted by Gasteiger charge is -2.15. The molecule has 2 rings (SSSR count). The van der Waals surface area contributed by atoms with Crippen LogP contribution < -0.4 is 10.6 Å². The van der Waals surface area contributed by atoms with E-state index in [1.165, 1.54) is 33.6 Å². The average Bonchev–Trinajstić information content (AvgIpc) is 2.48. The lowest BCUT2D eigenvalue weighted by atomic mass is 10.1. The van der Waals surface area contributed by atoms with Crippen molar-refractivity contribution < 1.29 is 0 Å². The normalized spacial score (nSPS) is 10.5. The monoisotopic (exact) mass is 282 g/mol. The number of nitrogens with one attached hydrogen (secondary N) is 2. The lowest BCUT2D eigenvalue weighted by molar-refractivity contribution is 1.05. The van der Waals surface area contributed by atoms with Gasteiger partial charge in [0.15, 0.2) is 0 Å². The minimum atomic E-state index is 0.917. The third kappa shape index (κ3) is 4.01. The van der Waals surface area contributed by atoms with Crippen LogP contribution in [0.1, 0.15) is 29.2 Å². The molecule has 2 aromatic carbocycles. The smallest absolute Gasteiger partial charge is 0.0402 e. The first-order chi connectivity index (χ1) is 10.1. The van der Waals surface area contributed by atoms with E-state index in [2.05, 4.69) is 74.7 Å². The predicted octanol–water partition coefficient (Wildman–Crippen LogP) is 4.70. The molecule has 0 amide bonds. The van der Waals surface area contributed by atoms with Gasteiger partial charge in [-0.3, -0.25) is 0 Å². The van der Waals surface area contributed by atoms with Crippen LogP contribution in [0, 0.1) is 20.8 Å². The summed E-state index contributed by atoms with van der Waals surface area (Å²) in [5.41, 5.74) is 7.87. The summed E-state index contributed by atoms with van der Waals surface area (Å²) in [7, 11) is 0. The summed E-state index contributed by atoms with van der Waals surface area (Å²) in [5.74, 6) is 0. The number of benzene rings is 2. The molecule has 2 N–H and O–H groups in total. The summed E-state index contributed by atoms with van der Waals surface area (Å²) in [4.78, 5) is 0. The van der Waals surface area contributed by atoms with E-state index in [0.29, 0.717) is 0 Å². The standard InChI is InChI=1S/C19H26N2/c1-5-17-8-6-7-15(3)19(17)21-12-11-20-18-10-9-14(2)16(4)13-18/h6-10,13,20-21H,5,11-12H2,1-4H3. The Balaban J connectivity index is 1.89. The molecule has 0 saturated heterocycles. The van der Waals surface area contributed by atoms with Crippen molar-refractivity contribution >= 4 is 11.4 Å². The van der Waals surface area contributed by atoms with Gasteiger partial charge in [-0.2, -0.15) is 0 Å². The van der Waals surface area contributed by atoms with Gasteiger partial charge >= 0.3 is 0 Å². The minimum Gasteiger partial charge on any atom is -0.383 e. The number of aryl methyl sites for hydroxylation is 4. The first-order valence-electron chi connectivity index (χ1n) is 7.75. The zero-order chi connectivity index (χ0) is 15.2. The van der Waals surface area contributed by atoms with Crippen LogP contribution >= 0.6 is 0 Å². The fraction of sp³-hybridized carbons (Fsp3) is 0.368. The molecule has 0 bridgehead atoms. The first-order valence-corrected chi connectivity index (χ1v) is 7.75. The van der Waals surface area contributed by atoms with Crippen molar-refractivity contribution in [3.8, 4) is 0 Å². The summed E-state index contributed by atoms with van der Waals surface area (Å²) in [6, 6.07) is 13.0. The van der Waals surface area contributed by atoms with Gasteiger partial charge in [0.1, 0.15) is 0 Å². The molecule has 21 heavy (non-hydrogen) atoms. The van der Waals surface area contributed by atoms with E-state index in [0.717, 1.165) is 19.5 Å². The molecule has 0 spiro atoms. The first kappa shape index (κ1) is 15.4. The molecule has 112 valence electrons. The second kappa shape index (κ2) is 7.16. The highest BCUT2D eigenvalue weighted by Crippen LogP contribution is 2.20. The fourth-order valence-corrected chi connectivity index (χ4v) is 2.52. The zero-order valence-electron chi connectivity index (χ0n) is 13.6. The van der Waals surface area contributed by atoms with Crippen molar-refractivity contribution in [2.24, 2.45) is 0 Å². The second-order valence-electron chi connectivity index (χ2n) is 5.62. The van der Waals surface area contributed by atoms with E-state index in [4.69, 9.17) is 0 Å². The van der Waals surface area contributed by atoms with Crippen LogP contribution in [0.5, 0.6) is 0 Å². The van der Waals surface area contributed by atoms with Crippen molar-refractivity contribution in [3.05, 3.63) is 58.7 Å². The van der Waals surface area contributed by atoms with E-state index in [1.807, 2.05) is 0 Å². The largest absolute Gasteiger partial charge is 0.383 e. The minimum absolute atomic E-state index is 0.917. The molecule has 0 radical (unpaired) electrons. The van der Waals surface area contributed by atoms with Crippen LogP contribution in [0.3, 0.4) is 0 Å². The Kier molecular flexibility index (Phi) is 5.26. The van der Waals surface area contributed by atoms with E-state index >= 15 is 0 Å². The van der Waals surface area contributed by atoms with Crippen LogP contribution in [-0.4, -0.2) is 13.1 Å². The topological polar surface area (TPSA) is 24.1 Å². The molecule has 0 heterocycles. The molecule has 2 nitrogen and oxygen atoms in total. The molecule has 0 aliphatic heterocycles. The average molecular weight is 282 g/mol. The Morgan fingerprint density at radius 3 is 2.29 bits per heavy atom. The third-order valence-corrected chi connectivity index (χ3v) is 4.00. The van der Waals surface area contributed by atoms with Crippen LogP contribution in [0.4, 0.5) is 11.4 Å². The van der Waals surface area contributed by atoms with Gasteiger partial charge in [-0.1, -0.05) is 31.2 Å². The van der Waals surface area contributed by atoms with Crippen molar-refractivity contribution in [1.82, 2.24) is 0 Å². The van der Waals surface area contributed by atoms with Gasteiger partial charge < -0.3 is 10.6 Å². The molecule has 0 aromatic heterocycles. The van der Waals surface area contributed by atoms with Gasteiger partial charge in [-0.25, -0.2) is 0 Å². The summed E-state index contributed by atoms with van der Waals surface area (Å²) >= 11 is 0. The second-order valence-corrected chi connectivity index (χ2v) is 5.62. The number of hydrogen-bond acceptors (Lipinski definition) is 2. The van der Waals surface area contributed by atoms with Crippen LogP contribution in [-0.2, 0) is 6.42 Å². The molecule has 0 aliphatic carbocycles. The van der Waals surface area contributed by atoms with Crippen molar-refractivity contribution in [3.63, 3.8) is 0 Å². The molecular formula is C19H26N2. The number of hydrogen-bond donors (Lipinski definition) is 2. The van der Waals surface area contributed by atoms with E-state index < -0.39 is 0 Å². The zero-order valence-corrected chi connectivity index (χ0v) is 13.6. The Morgan fingerprint density at radius 1 is 0.810 bits per heavy atom. The number of rotatable bonds is 6. The van der Waals surface area contributed by atoms with Gasteiger partial charge in [0.05, 0.1) is 0 Å². The van der Waals surface area contributed by atoms with Crippen LogP contribution in [0.25, 0.3) is 0 Å². The highest BCUT2D eigenvalue weighted by atomic mass is 14.9. The summed E-state index contributed by atoms with van der Waals surface area (Å²) in [6.07, 6.45) is 1.06. The number of para-hydroxylation sites is 1. The van der Waals surface area contributed by atoms with Crippen molar-refractivity contribution in [1.29, 1.82) is 0 Å². The molecule has 0 unspecified atom stereocenters. The van der Waals surface area contributed by atoms with Gasteiger partial charge in [-0.15, -0.1) is 0 Å². The predicted molar refractivity (Wildman–Crippen MR) is 93.5 cm³/mol. The SMILES string of the molecule is CCc1cccc(C)c1NCCNc1ccc(C)c(C)c1. The molecule has 0 saturated carbocycles. The van der Waals surface area contributed by atoms with E-state index in [1.54, 1.807) is 0 Å². The Morgan fingerprint density at radius 2 is 1.57 bits per heavy atom. The Hall–Kier alpha value is -1.96. The lowest BCUT2D eigenvalue weighted by Crippen LogP contribution is -2.15. The van der Waals surface area contributed by atoms with Gasteiger partial charge in [-0.05, 0) is 61.6 Å².